The topological polar surface area (TPSA) is 109 Å². The first-order valence-electron chi connectivity index (χ1n) is 12.2. The zero-order valence-electron chi connectivity index (χ0n) is 20.9. The van der Waals surface area contributed by atoms with Crippen LogP contribution in [0.5, 0.6) is 0 Å². The number of halogens is 5. The molecule has 0 spiro atoms. The summed E-state index contributed by atoms with van der Waals surface area (Å²) in [6, 6.07) is 8.22. The largest absolute Gasteiger partial charge is 0.478 e. The van der Waals surface area contributed by atoms with Crippen molar-refractivity contribution >= 4 is 17.5 Å². The Hall–Kier alpha value is -4.39. The number of fused-ring (bicyclic) bond motifs is 2. The number of aromatic nitrogens is 3. The third kappa shape index (κ3) is 5.24. The van der Waals surface area contributed by atoms with E-state index in [4.69, 9.17) is 0 Å². The van der Waals surface area contributed by atoms with Gasteiger partial charge in [-0.25, -0.2) is 23.1 Å². The standard InChI is InChI=1S/C27H22F5N5O3/c1-13-16-5-7-21(18(16)4-3-17(13)26(39)40)33-12-15-9-22(35-24-10-23(27(30,31)32)36-37(15)24)25(38)34-11-14-2-6-19(28)20(29)8-14/h2-4,6,8-10,21,33H,5,7,11-12H2,1H3,(H,34,38)(H,39,40)/t21-/m0/s1. The fourth-order valence-corrected chi connectivity index (χ4v) is 4.89. The van der Waals surface area contributed by atoms with Crippen LogP contribution in [0.25, 0.3) is 5.65 Å². The maximum atomic E-state index is 13.5. The molecule has 2 aromatic carbocycles. The van der Waals surface area contributed by atoms with Crippen LogP contribution in [-0.2, 0) is 25.7 Å². The van der Waals surface area contributed by atoms with Gasteiger partial charge < -0.3 is 15.7 Å². The van der Waals surface area contributed by atoms with Crippen LogP contribution in [0.4, 0.5) is 22.0 Å². The predicted molar refractivity (Wildman–Crippen MR) is 132 cm³/mol. The van der Waals surface area contributed by atoms with E-state index in [1.807, 2.05) is 0 Å². The molecule has 8 nitrogen and oxygen atoms in total. The summed E-state index contributed by atoms with van der Waals surface area (Å²) in [6.45, 7) is 1.59. The van der Waals surface area contributed by atoms with Crippen molar-refractivity contribution in [2.45, 2.75) is 45.1 Å². The summed E-state index contributed by atoms with van der Waals surface area (Å²) in [5, 5.41) is 18.8. The van der Waals surface area contributed by atoms with E-state index in [0.29, 0.717) is 18.4 Å². The monoisotopic (exact) mass is 559 g/mol. The van der Waals surface area contributed by atoms with E-state index < -0.39 is 35.4 Å². The third-order valence-corrected chi connectivity index (χ3v) is 6.91. The molecule has 0 unspecified atom stereocenters. The number of alkyl halides is 3. The summed E-state index contributed by atoms with van der Waals surface area (Å²) >= 11 is 0. The van der Waals surface area contributed by atoms with E-state index in [1.165, 1.54) is 18.2 Å². The Balaban J connectivity index is 1.41. The molecule has 13 heteroatoms. The van der Waals surface area contributed by atoms with Crippen LogP contribution in [0.2, 0.25) is 0 Å². The van der Waals surface area contributed by atoms with Gasteiger partial charge in [0.05, 0.1) is 11.3 Å². The van der Waals surface area contributed by atoms with E-state index in [2.05, 4.69) is 20.7 Å². The van der Waals surface area contributed by atoms with Gasteiger partial charge in [0, 0.05) is 25.2 Å². The number of benzene rings is 2. The first kappa shape index (κ1) is 27.2. The van der Waals surface area contributed by atoms with E-state index >= 15 is 0 Å². The highest BCUT2D eigenvalue weighted by molar-refractivity contribution is 5.93. The number of hydrogen-bond acceptors (Lipinski definition) is 5. The zero-order chi connectivity index (χ0) is 28.8. The van der Waals surface area contributed by atoms with Crippen LogP contribution in [0.3, 0.4) is 0 Å². The lowest BCUT2D eigenvalue weighted by Gasteiger charge is -2.16. The second-order valence-corrected chi connectivity index (χ2v) is 9.44. The van der Waals surface area contributed by atoms with Crippen molar-refractivity contribution in [2.24, 2.45) is 0 Å². The van der Waals surface area contributed by atoms with Crippen LogP contribution < -0.4 is 10.6 Å². The number of nitrogens with one attached hydrogen (secondary N) is 2. The van der Waals surface area contributed by atoms with E-state index in [9.17, 15) is 36.6 Å². The molecule has 1 aliphatic carbocycles. The van der Waals surface area contributed by atoms with E-state index in [0.717, 1.165) is 33.8 Å². The molecule has 4 aromatic rings. The quantitative estimate of drug-likeness (QED) is 0.283. The van der Waals surface area contributed by atoms with Crippen molar-refractivity contribution in [3.63, 3.8) is 0 Å². The molecular weight excluding hydrogens is 537 g/mol. The molecule has 0 fully saturated rings. The van der Waals surface area contributed by atoms with Gasteiger partial charge >= 0.3 is 12.1 Å². The molecular formula is C27H22F5N5O3. The number of hydrogen-bond donors (Lipinski definition) is 3. The molecule has 208 valence electrons. The maximum Gasteiger partial charge on any atom is 0.435 e. The SMILES string of the molecule is Cc1c(C(=O)O)ccc2c1CC[C@@H]2NCc1cc(C(=O)NCc2ccc(F)c(F)c2)nc2cc(C(F)(F)F)nn12. The number of nitrogens with zero attached hydrogens (tertiary/aromatic N) is 3. The van der Waals surface area contributed by atoms with Crippen molar-refractivity contribution in [1.82, 2.24) is 25.2 Å². The lowest BCUT2D eigenvalue weighted by Crippen LogP contribution is -2.26. The smallest absolute Gasteiger partial charge is 0.435 e. The Kier molecular flexibility index (Phi) is 7.00. The predicted octanol–water partition coefficient (Wildman–Crippen LogP) is 4.74. The van der Waals surface area contributed by atoms with Crippen molar-refractivity contribution < 1.29 is 36.6 Å². The number of aromatic carboxylic acids is 1. The number of amides is 1. The zero-order valence-corrected chi connectivity index (χ0v) is 20.9. The molecule has 0 bridgehead atoms. The Labute approximate surface area is 223 Å². The Bertz CT molecular complexity index is 1650. The summed E-state index contributed by atoms with van der Waals surface area (Å²) in [6.07, 6.45) is -3.47. The van der Waals surface area contributed by atoms with Crippen molar-refractivity contribution in [2.75, 3.05) is 0 Å². The van der Waals surface area contributed by atoms with E-state index in [1.54, 1.807) is 13.0 Å². The first-order chi connectivity index (χ1) is 18.9. The van der Waals surface area contributed by atoms with Crippen molar-refractivity contribution in [1.29, 1.82) is 0 Å². The summed E-state index contributed by atoms with van der Waals surface area (Å²) in [5.74, 6) is -3.87. The van der Waals surface area contributed by atoms with Crippen molar-refractivity contribution in [3.05, 3.63) is 99.0 Å². The molecule has 0 aliphatic heterocycles. The molecule has 0 saturated carbocycles. The summed E-state index contributed by atoms with van der Waals surface area (Å²) < 4.78 is 67.9. The molecule has 40 heavy (non-hydrogen) atoms. The highest BCUT2D eigenvalue weighted by Crippen LogP contribution is 2.35. The summed E-state index contributed by atoms with van der Waals surface area (Å²) in [7, 11) is 0. The van der Waals surface area contributed by atoms with Crippen LogP contribution >= 0.6 is 0 Å². The second kappa shape index (κ2) is 10.3. The lowest BCUT2D eigenvalue weighted by atomic mass is 9.98. The second-order valence-electron chi connectivity index (χ2n) is 9.44. The minimum Gasteiger partial charge on any atom is -0.478 e. The first-order valence-corrected chi connectivity index (χ1v) is 12.2. The van der Waals surface area contributed by atoms with Crippen LogP contribution in [0.15, 0.2) is 42.5 Å². The van der Waals surface area contributed by atoms with Gasteiger partial charge in [-0.05, 0) is 66.3 Å². The molecule has 2 aromatic heterocycles. The minimum atomic E-state index is -4.74. The van der Waals surface area contributed by atoms with Gasteiger partial charge in [-0.15, -0.1) is 0 Å². The number of rotatable bonds is 7. The van der Waals surface area contributed by atoms with Gasteiger partial charge in [-0.3, -0.25) is 4.79 Å². The van der Waals surface area contributed by atoms with E-state index in [-0.39, 0.29) is 47.3 Å². The highest BCUT2D eigenvalue weighted by atomic mass is 19.4. The molecule has 0 saturated heterocycles. The normalized spacial score (nSPS) is 14.9. The molecule has 1 atom stereocenters. The number of carboxylic acid groups (broad SMARTS) is 1. The molecule has 0 radical (unpaired) electrons. The van der Waals surface area contributed by atoms with Gasteiger partial charge in [0.25, 0.3) is 5.91 Å². The average Bonchev–Trinajstić information content (AvgIpc) is 3.52. The van der Waals surface area contributed by atoms with Crippen molar-refractivity contribution in [3.8, 4) is 0 Å². The fraction of sp³-hybridized carbons (Fsp3) is 0.259. The highest BCUT2D eigenvalue weighted by Gasteiger charge is 2.35. The fourth-order valence-electron chi connectivity index (χ4n) is 4.89. The number of carboxylic acids is 1. The van der Waals surface area contributed by atoms with Crippen LogP contribution in [-0.4, -0.2) is 31.6 Å². The Morgan fingerprint density at radius 2 is 1.85 bits per heavy atom. The number of carbonyl (C=O) groups is 2. The molecule has 3 N–H and O–H groups in total. The van der Waals surface area contributed by atoms with Gasteiger partial charge in [0.15, 0.2) is 23.0 Å². The Morgan fingerprint density at radius 1 is 1.07 bits per heavy atom. The molecule has 5 rings (SSSR count). The summed E-state index contributed by atoms with van der Waals surface area (Å²) in [4.78, 5) is 28.4. The molecule has 1 aliphatic rings. The van der Waals surface area contributed by atoms with Gasteiger partial charge in [0.2, 0.25) is 0 Å². The Morgan fingerprint density at radius 3 is 2.55 bits per heavy atom. The third-order valence-electron chi connectivity index (χ3n) is 6.91. The lowest BCUT2D eigenvalue weighted by molar-refractivity contribution is -0.141. The average molecular weight is 559 g/mol. The maximum absolute atomic E-state index is 13.5. The minimum absolute atomic E-state index is 0.0191. The van der Waals surface area contributed by atoms with Gasteiger partial charge in [0.1, 0.15) is 5.69 Å². The van der Waals surface area contributed by atoms with Crippen LogP contribution in [0.1, 0.15) is 67.0 Å². The molecule has 1 amide bonds. The van der Waals surface area contributed by atoms with Gasteiger partial charge in [-0.1, -0.05) is 12.1 Å². The number of carbonyl (C=O) groups excluding carboxylic acids is 1. The van der Waals surface area contributed by atoms with Crippen LogP contribution in [0, 0.1) is 18.6 Å². The van der Waals surface area contributed by atoms with Gasteiger partial charge in [-0.2, -0.15) is 18.3 Å². The molecule has 2 heterocycles. The summed E-state index contributed by atoms with van der Waals surface area (Å²) in [5.41, 5.74) is 1.64.